The summed E-state index contributed by atoms with van der Waals surface area (Å²) in [4.78, 5) is 39.0. The second kappa shape index (κ2) is 9.20. The number of nitrogens with one attached hydrogen (secondary N) is 2. The summed E-state index contributed by atoms with van der Waals surface area (Å²) in [7, 11) is 0. The maximum atomic E-state index is 12.4. The van der Waals surface area contributed by atoms with Gasteiger partial charge >= 0.3 is 0 Å². The van der Waals surface area contributed by atoms with Crippen molar-refractivity contribution in [3.8, 4) is 5.75 Å². The summed E-state index contributed by atoms with van der Waals surface area (Å²) in [6, 6.07) is 12.7. The molecule has 1 aliphatic heterocycles. The summed E-state index contributed by atoms with van der Waals surface area (Å²) in [5, 5.41) is 15.8. The quantitative estimate of drug-likeness (QED) is 0.530. The van der Waals surface area contributed by atoms with Crippen molar-refractivity contribution in [2.45, 2.75) is 18.6 Å². The Bertz CT molecular complexity index is 961. The molecule has 3 rings (SSSR count). The highest BCUT2D eigenvalue weighted by molar-refractivity contribution is 8.15. The average molecular weight is 414 g/mol. The fraction of sp³-hybridized carbons (Fsp3) is 0.211. The van der Waals surface area contributed by atoms with Gasteiger partial charge in [0.25, 0.3) is 5.69 Å². The Labute approximate surface area is 170 Å². The third kappa shape index (κ3) is 5.32. The SMILES string of the molecule is CCOc1ccccc1NC(=O)C[C@H]1SC(=Nc2ccc([N+](=O)[O-])cc2)NC1=O. The molecule has 0 spiro atoms. The van der Waals surface area contributed by atoms with Crippen molar-refractivity contribution in [1.82, 2.24) is 5.32 Å². The number of nitro benzene ring substituents is 1. The van der Waals surface area contributed by atoms with Gasteiger partial charge in [0.1, 0.15) is 11.0 Å². The molecule has 0 radical (unpaired) electrons. The number of aliphatic imine (C=N–C) groups is 1. The van der Waals surface area contributed by atoms with Gasteiger partial charge in [-0.05, 0) is 31.2 Å². The predicted molar refractivity (Wildman–Crippen MR) is 111 cm³/mol. The number of non-ortho nitro benzene ring substituents is 1. The van der Waals surface area contributed by atoms with Gasteiger partial charge in [-0.25, -0.2) is 4.99 Å². The Hall–Kier alpha value is -3.40. The summed E-state index contributed by atoms with van der Waals surface area (Å²) in [6.45, 7) is 2.32. The first-order valence-corrected chi connectivity index (χ1v) is 9.66. The molecule has 2 amide bonds. The minimum atomic E-state index is -0.619. The molecule has 1 aliphatic rings. The molecule has 150 valence electrons. The van der Waals surface area contributed by atoms with Crippen LogP contribution in [0.3, 0.4) is 0 Å². The number of hydrogen-bond donors (Lipinski definition) is 2. The van der Waals surface area contributed by atoms with Crippen molar-refractivity contribution in [2.75, 3.05) is 11.9 Å². The number of amides is 2. The lowest BCUT2D eigenvalue weighted by Crippen LogP contribution is -2.28. The Morgan fingerprint density at radius 2 is 2.00 bits per heavy atom. The number of amidine groups is 1. The number of ether oxygens (including phenoxy) is 1. The van der Waals surface area contributed by atoms with Crippen molar-refractivity contribution in [3.63, 3.8) is 0 Å². The zero-order valence-corrected chi connectivity index (χ0v) is 16.3. The number of nitrogens with zero attached hydrogens (tertiary/aromatic N) is 2. The van der Waals surface area contributed by atoms with Gasteiger partial charge in [-0.3, -0.25) is 19.7 Å². The summed E-state index contributed by atoms with van der Waals surface area (Å²) in [6.07, 6.45) is -0.0315. The number of hydrogen-bond acceptors (Lipinski definition) is 7. The number of para-hydroxylation sites is 2. The molecule has 0 aromatic heterocycles. The van der Waals surface area contributed by atoms with E-state index in [1.54, 1.807) is 18.2 Å². The molecule has 10 heteroatoms. The molecule has 2 aromatic rings. The third-order valence-electron chi connectivity index (χ3n) is 3.90. The van der Waals surface area contributed by atoms with Crippen molar-refractivity contribution in [3.05, 3.63) is 58.6 Å². The fourth-order valence-corrected chi connectivity index (χ4v) is 3.57. The van der Waals surface area contributed by atoms with Gasteiger partial charge < -0.3 is 15.4 Å². The lowest BCUT2D eigenvalue weighted by Gasteiger charge is -2.12. The first kappa shape index (κ1) is 20.3. The summed E-state index contributed by atoms with van der Waals surface area (Å²) < 4.78 is 5.48. The van der Waals surface area contributed by atoms with Crippen LogP contribution in [0.2, 0.25) is 0 Å². The Balaban J connectivity index is 1.62. The van der Waals surface area contributed by atoms with E-state index in [0.717, 1.165) is 11.8 Å². The molecule has 9 nitrogen and oxygen atoms in total. The van der Waals surface area contributed by atoms with Gasteiger partial charge in [0, 0.05) is 18.6 Å². The van der Waals surface area contributed by atoms with Crippen LogP contribution in [0.5, 0.6) is 5.75 Å². The van der Waals surface area contributed by atoms with Crippen LogP contribution in [0.4, 0.5) is 17.1 Å². The van der Waals surface area contributed by atoms with Crippen LogP contribution in [0.25, 0.3) is 0 Å². The van der Waals surface area contributed by atoms with Crippen molar-refractivity contribution in [1.29, 1.82) is 0 Å². The standard InChI is InChI=1S/C19H18N4O5S/c1-2-28-15-6-4-3-5-14(15)21-17(24)11-16-18(25)22-19(29-16)20-12-7-9-13(10-8-12)23(26)27/h3-10,16H,2,11H2,1H3,(H,21,24)(H,20,22,25)/t16-/m1/s1. The second-order valence-corrected chi connectivity index (χ2v) is 7.16. The molecule has 0 unspecified atom stereocenters. The largest absolute Gasteiger partial charge is 0.492 e. The number of thioether (sulfide) groups is 1. The number of carbonyl (C=O) groups is 2. The topological polar surface area (TPSA) is 123 Å². The maximum Gasteiger partial charge on any atom is 0.269 e. The molecule has 29 heavy (non-hydrogen) atoms. The molecule has 0 aliphatic carbocycles. The van der Waals surface area contributed by atoms with Gasteiger partial charge in [-0.1, -0.05) is 23.9 Å². The minimum Gasteiger partial charge on any atom is -0.492 e. The summed E-state index contributed by atoms with van der Waals surface area (Å²) in [5.74, 6) is -0.0717. The average Bonchev–Trinajstić information content (AvgIpc) is 3.02. The molecule has 1 heterocycles. The smallest absolute Gasteiger partial charge is 0.269 e. The van der Waals surface area contributed by atoms with Crippen LogP contribution in [0, 0.1) is 10.1 Å². The van der Waals surface area contributed by atoms with Gasteiger partial charge in [-0.15, -0.1) is 0 Å². The van der Waals surface area contributed by atoms with E-state index < -0.39 is 10.2 Å². The molecule has 2 aromatic carbocycles. The van der Waals surface area contributed by atoms with Gasteiger partial charge in [-0.2, -0.15) is 0 Å². The van der Waals surface area contributed by atoms with Crippen LogP contribution >= 0.6 is 11.8 Å². The normalized spacial score (nSPS) is 17.1. The number of nitro groups is 1. The predicted octanol–water partition coefficient (Wildman–Crippen LogP) is 3.24. The van der Waals surface area contributed by atoms with E-state index in [9.17, 15) is 19.7 Å². The van der Waals surface area contributed by atoms with Crippen LogP contribution in [-0.2, 0) is 9.59 Å². The summed E-state index contributed by atoms with van der Waals surface area (Å²) >= 11 is 1.14. The third-order valence-corrected chi connectivity index (χ3v) is 4.98. The Morgan fingerprint density at radius 3 is 2.69 bits per heavy atom. The van der Waals surface area contributed by atoms with E-state index in [4.69, 9.17) is 4.74 Å². The van der Waals surface area contributed by atoms with Crippen LogP contribution < -0.4 is 15.4 Å². The minimum absolute atomic E-state index is 0.0315. The van der Waals surface area contributed by atoms with Crippen molar-refractivity contribution >= 4 is 45.8 Å². The zero-order valence-electron chi connectivity index (χ0n) is 15.5. The molecular formula is C19H18N4O5S. The van der Waals surface area contributed by atoms with E-state index in [0.29, 0.717) is 28.9 Å². The number of carbonyl (C=O) groups excluding carboxylic acids is 2. The molecular weight excluding hydrogens is 396 g/mol. The Morgan fingerprint density at radius 1 is 1.28 bits per heavy atom. The highest BCUT2D eigenvalue weighted by Crippen LogP contribution is 2.28. The molecule has 1 saturated heterocycles. The van der Waals surface area contributed by atoms with E-state index in [-0.39, 0.29) is 23.9 Å². The van der Waals surface area contributed by atoms with Crippen LogP contribution in [0.15, 0.2) is 53.5 Å². The highest BCUT2D eigenvalue weighted by atomic mass is 32.2. The van der Waals surface area contributed by atoms with Crippen molar-refractivity contribution < 1.29 is 19.2 Å². The van der Waals surface area contributed by atoms with Crippen LogP contribution in [-0.4, -0.2) is 33.8 Å². The molecule has 0 saturated carbocycles. The number of benzene rings is 2. The lowest BCUT2D eigenvalue weighted by atomic mass is 10.2. The molecule has 1 fully saturated rings. The molecule has 0 bridgehead atoms. The first-order chi connectivity index (χ1) is 14.0. The van der Waals surface area contributed by atoms with Crippen molar-refractivity contribution in [2.24, 2.45) is 4.99 Å². The fourth-order valence-electron chi connectivity index (χ4n) is 2.58. The first-order valence-electron chi connectivity index (χ1n) is 8.78. The van der Waals surface area contributed by atoms with E-state index in [2.05, 4.69) is 15.6 Å². The van der Waals surface area contributed by atoms with E-state index in [1.165, 1.54) is 24.3 Å². The van der Waals surface area contributed by atoms with Gasteiger partial charge in [0.15, 0.2) is 5.17 Å². The number of rotatable bonds is 7. The highest BCUT2D eigenvalue weighted by Gasteiger charge is 2.32. The zero-order chi connectivity index (χ0) is 20.8. The van der Waals surface area contributed by atoms with Gasteiger partial charge in [0.2, 0.25) is 11.8 Å². The maximum absolute atomic E-state index is 12.4. The van der Waals surface area contributed by atoms with Gasteiger partial charge in [0.05, 0.1) is 22.9 Å². The lowest BCUT2D eigenvalue weighted by molar-refractivity contribution is -0.384. The van der Waals surface area contributed by atoms with E-state index >= 15 is 0 Å². The Kier molecular flexibility index (Phi) is 6.45. The number of anilines is 1. The second-order valence-electron chi connectivity index (χ2n) is 5.97. The molecule has 1 atom stereocenters. The van der Waals surface area contributed by atoms with Crippen LogP contribution in [0.1, 0.15) is 13.3 Å². The summed E-state index contributed by atoms with van der Waals surface area (Å²) in [5.41, 5.74) is 0.968. The molecule has 2 N–H and O–H groups in total. The van der Waals surface area contributed by atoms with E-state index in [1.807, 2.05) is 13.0 Å². The monoisotopic (exact) mass is 414 g/mol.